The largest absolute Gasteiger partial charge is 0.245 e. The lowest BCUT2D eigenvalue weighted by atomic mass is 9.98. The molecule has 7 nitrogen and oxygen atoms in total. The van der Waals surface area contributed by atoms with Crippen molar-refractivity contribution in [3.63, 3.8) is 0 Å². The summed E-state index contributed by atoms with van der Waals surface area (Å²) in [6.07, 6.45) is 4.48. The molecule has 0 saturated carbocycles. The van der Waals surface area contributed by atoms with Gasteiger partial charge in [-0.3, -0.25) is 0 Å². The number of unbranched alkanes of at least 4 members (excludes halogenated alkanes) is 2. The molecule has 0 aliphatic heterocycles. The number of nitrogens with one attached hydrogen (secondary N) is 1. The van der Waals surface area contributed by atoms with Crippen molar-refractivity contribution in [2.75, 3.05) is 0 Å². The number of hydrogen-bond donors (Lipinski definition) is 2. The summed E-state index contributed by atoms with van der Waals surface area (Å²) < 4.78 is 2.02. The molecule has 154 valence electrons. The zero-order valence-electron chi connectivity index (χ0n) is 17.0. The minimum absolute atomic E-state index is 0.556. The number of H-pyrrole nitrogens is 1. The van der Waals surface area contributed by atoms with Crippen LogP contribution in [0.3, 0.4) is 0 Å². The highest BCUT2D eigenvalue weighted by Crippen LogP contribution is 2.29. The molecule has 0 aliphatic rings. The molecule has 2 aromatic heterocycles. The second-order valence-corrected chi connectivity index (χ2v) is 7.53. The third-order valence-electron chi connectivity index (χ3n) is 5.06. The first-order valence-corrected chi connectivity index (χ1v) is 10.9. The van der Waals surface area contributed by atoms with Crippen LogP contribution in [0.2, 0.25) is 0 Å². The van der Waals surface area contributed by atoms with Crippen molar-refractivity contribution >= 4 is 12.6 Å². The van der Waals surface area contributed by atoms with Crippen LogP contribution in [0.25, 0.3) is 22.5 Å². The van der Waals surface area contributed by atoms with Gasteiger partial charge in [0, 0.05) is 12.0 Å². The third kappa shape index (κ3) is 4.59. The number of rotatable bonds is 9. The van der Waals surface area contributed by atoms with E-state index in [2.05, 4.69) is 80.6 Å². The Bertz CT molecular complexity index is 1070. The Hall–Kier alpha value is -3.00. The molecule has 2 aromatic carbocycles. The van der Waals surface area contributed by atoms with Gasteiger partial charge in [-0.2, -0.15) is 17.7 Å². The summed E-state index contributed by atoms with van der Waals surface area (Å²) >= 11 is 4.34. The monoisotopic (exact) mass is 419 g/mol. The molecule has 2 heterocycles. The summed E-state index contributed by atoms with van der Waals surface area (Å²) in [5.41, 5.74) is 4.36. The molecular formula is C22H25N7S. The molecule has 0 bridgehead atoms. The van der Waals surface area contributed by atoms with E-state index in [-0.39, 0.29) is 0 Å². The minimum Gasteiger partial charge on any atom is -0.245 e. The van der Waals surface area contributed by atoms with Crippen LogP contribution in [0, 0.1) is 0 Å². The van der Waals surface area contributed by atoms with E-state index in [0.717, 1.165) is 41.2 Å². The molecule has 0 radical (unpaired) electrons. The van der Waals surface area contributed by atoms with Crippen molar-refractivity contribution in [3.05, 3.63) is 65.7 Å². The van der Waals surface area contributed by atoms with Crippen molar-refractivity contribution < 1.29 is 0 Å². The first kappa shape index (κ1) is 20.3. The molecule has 0 atom stereocenters. The van der Waals surface area contributed by atoms with E-state index < -0.39 is 0 Å². The molecule has 30 heavy (non-hydrogen) atoms. The maximum Gasteiger partial charge on any atom is 0.180 e. The fraction of sp³-hybridized carbons (Fsp3) is 0.318. The number of nitrogens with zero attached hydrogens (tertiary/aromatic N) is 6. The molecule has 4 rings (SSSR count). The third-order valence-corrected chi connectivity index (χ3v) is 5.35. The molecule has 0 fully saturated rings. The Labute approximate surface area is 181 Å². The molecule has 8 heteroatoms. The number of aromatic nitrogens is 7. The van der Waals surface area contributed by atoms with Gasteiger partial charge in [-0.05, 0) is 33.5 Å². The normalized spacial score (nSPS) is 11.1. The number of aromatic amines is 1. The van der Waals surface area contributed by atoms with E-state index in [1.54, 1.807) is 0 Å². The number of thiol groups is 1. The Balaban J connectivity index is 1.55. The second kappa shape index (κ2) is 9.67. The minimum atomic E-state index is 0.556. The van der Waals surface area contributed by atoms with E-state index in [1.165, 1.54) is 18.4 Å². The van der Waals surface area contributed by atoms with Crippen LogP contribution in [0.4, 0.5) is 0 Å². The average molecular weight is 420 g/mol. The summed E-state index contributed by atoms with van der Waals surface area (Å²) in [6.45, 7) is 2.92. The quantitative estimate of drug-likeness (QED) is 0.311. The number of hydrogen-bond acceptors (Lipinski definition) is 6. The van der Waals surface area contributed by atoms with Crippen LogP contribution in [0.5, 0.6) is 0 Å². The predicted octanol–water partition coefficient (Wildman–Crippen LogP) is 4.34. The van der Waals surface area contributed by atoms with Gasteiger partial charge in [-0.1, -0.05) is 68.3 Å². The van der Waals surface area contributed by atoms with Crippen molar-refractivity contribution in [2.45, 2.75) is 44.9 Å². The molecule has 0 saturated heterocycles. The predicted molar refractivity (Wildman–Crippen MR) is 120 cm³/mol. The van der Waals surface area contributed by atoms with Gasteiger partial charge in [-0.15, -0.1) is 5.10 Å². The lowest BCUT2D eigenvalue weighted by Gasteiger charge is -2.09. The highest BCUT2D eigenvalue weighted by Gasteiger charge is 2.12. The number of benzene rings is 2. The zero-order chi connectivity index (χ0) is 20.8. The summed E-state index contributed by atoms with van der Waals surface area (Å²) in [4.78, 5) is 4.66. The van der Waals surface area contributed by atoms with Crippen LogP contribution in [-0.4, -0.2) is 35.4 Å². The van der Waals surface area contributed by atoms with Gasteiger partial charge >= 0.3 is 0 Å². The first-order valence-electron chi connectivity index (χ1n) is 10.2. The van der Waals surface area contributed by atoms with E-state index >= 15 is 0 Å². The first-order chi connectivity index (χ1) is 14.8. The average Bonchev–Trinajstić information content (AvgIpc) is 3.45. The van der Waals surface area contributed by atoms with Crippen molar-refractivity contribution in [1.82, 2.24) is 35.4 Å². The highest BCUT2D eigenvalue weighted by atomic mass is 32.1. The fourth-order valence-electron chi connectivity index (χ4n) is 3.52. The van der Waals surface area contributed by atoms with Crippen LogP contribution >= 0.6 is 12.6 Å². The van der Waals surface area contributed by atoms with E-state index in [0.29, 0.717) is 18.1 Å². The van der Waals surface area contributed by atoms with E-state index in [1.807, 2.05) is 22.9 Å². The fourth-order valence-corrected chi connectivity index (χ4v) is 3.65. The van der Waals surface area contributed by atoms with E-state index in [9.17, 15) is 0 Å². The van der Waals surface area contributed by atoms with Gasteiger partial charge < -0.3 is 0 Å². The Kier molecular flexibility index (Phi) is 6.53. The Morgan fingerprint density at radius 3 is 2.50 bits per heavy atom. The van der Waals surface area contributed by atoms with Crippen LogP contribution in [-0.2, 0) is 18.7 Å². The summed E-state index contributed by atoms with van der Waals surface area (Å²) in [5, 5.41) is 18.9. The number of aryl methyl sites for hydroxylation is 1. The standard InChI is InChI=1S/C22H25N7S/c1-2-3-4-9-21-23-20(15-30)26-29(21)14-16-10-12-17(13-11-16)18-7-5-6-8-19(18)22-24-27-28-25-22/h5-8,10-13,30H,2-4,9,14-15H2,1H3,(H,24,25,27,28). The summed E-state index contributed by atoms with van der Waals surface area (Å²) in [5.74, 6) is 3.05. The summed E-state index contributed by atoms with van der Waals surface area (Å²) in [7, 11) is 0. The van der Waals surface area contributed by atoms with Gasteiger partial charge in [0.25, 0.3) is 0 Å². The SMILES string of the molecule is CCCCCc1nc(CS)nn1Cc1ccc(-c2ccccc2-c2nnn[nH]2)cc1. The smallest absolute Gasteiger partial charge is 0.180 e. The van der Waals surface area contributed by atoms with Gasteiger partial charge in [-0.25, -0.2) is 14.8 Å². The summed E-state index contributed by atoms with van der Waals surface area (Å²) in [6, 6.07) is 16.6. The molecule has 0 unspecified atom stereocenters. The van der Waals surface area contributed by atoms with Crippen LogP contribution < -0.4 is 0 Å². The lowest BCUT2D eigenvalue weighted by Crippen LogP contribution is -2.07. The maximum absolute atomic E-state index is 4.66. The Morgan fingerprint density at radius 2 is 1.80 bits per heavy atom. The molecular weight excluding hydrogens is 394 g/mol. The molecule has 0 spiro atoms. The zero-order valence-corrected chi connectivity index (χ0v) is 17.9. The van der Waals surface area contributed by atoms with Crippen molar-refractivity contribution in [3.8, 4) is 22.5 Å². The molecule has 4 aromatic rings. The van der Waals surface area contributed by atoms with Gasteiger partial charge in [0.05, 0.1) is 12.3 Å². The molecule has 0 aliphatic carbocycles. The molecule has 1 N–H and O–H groups in total. The van der Waals surface area contributed by atoms with Gasteiger partial charge in [0.1, 0.15) is 5.82 Å². The maximum atomic E-state index is 4.66. The van der Waals surface area contributed by atoms with Crippen LogP contribution in [0.1, 0.15) is 43.4 Å². The van der Waals surface area contributed by atoms with Gasteiger partial charge in [0.2, 0.25) is 0 Å². The van der Waals surface area contributed by atoms with Crippen molar-refractivity contribution in [2.24, 2.45) is 0 Å². The molecule has 0 amide bonds. The lowest BCUT2D eigenvalue weighted by molar-refractivity contribution is 0.605. The highest BCUT2D eigenvalue weighted by molar-refractivity contribution is 7.79. The Morgan fingerprint density at radius 1 is 1.00 bits per heavy atom. The topological polar surface area (TPSA) is 85.2 Å². The van der Waals surface area contributed by atoms with Gasteiger partial charge in [0.15, 0.2) is 11.6 Å². The van der Waals surface area contributed by atoms with Crippen LogP contribution in [0.15, 0.2) is 48.5 Å². The van der Waals surface area contributed by atoms with Crippen molar-refractivity contribution in [1.29, 1.82) is 0 Å². The number of tetrazole rings is 1. The van der Waals surface area contributed by atoms with E-state index in [4.69, 9.17) is 0 Å². The second-order valence-electron chi connectivity index (χ2n) is 7.21.